The molecule has 1 fully saturated rings. The van der Waals surface area contributed by atoms with E-state index in [2.05, 4.69) is 15.3 Å². The molecule has 0 atom stereocenters. The molecular weight excluding hydrogens is 530 g/mol. The van der Waals surface area contributed by atoms with Crippen LogP contribution in [0.3, 0.4) is 0 Å². The molecule has 3 aromatic heterocycles. The van der Waals surface area contributed by atoms with E-state index in [1.807, 2.05) is 40.9 Å². The highest BCUT2D eigenvalue weighted by Crippen LogP contribution is 2.24. The van der Waals surface area contributed by atoms with Crippen LogP contribution in [0.4, 0.5) is 26.3 Å². The van der Waals surface area contributed by atoms with Crippen molar-refractivity contribution in [3.8, 4) is 11.3 Å². The molecule has 0 aromatic carbocycles. The molecule has 1 aliphatic rings. The van der Waals surface area contributed by atoms with E-state index in [-0.39, 0.29) is 11.9 Å². The molecule has 4 rings (SSSR count). The number of hydrogen-bond acceptors (Lipinski definition) is 6. The molecular formula is C22H20F6N4O6. The van der Waals surface area contributed by atoms with Crippen molar-refractivity contribution in [3.63, 3.8) is 0 Å². The van der Waals surface area contributed by atoms with Gasteiger partial charge in [-0.2, -0.15) is 26.3 Å². The molecule has 1 aliphatic heterocycles. The molecule has 0 unspecified atom stereocenters. The topological polar surface area (TPSA) is 143 Å². The maximum Gasteiger partial charge on any atom is 0.490 e. The number of alkyl halides is 6. The number of aliphatic carboxylic acids is 2. The van der Waals surface area contributed by atoms with Gasteiger partial charge in [-0.25, -0.2) is 14.6 Å². The third-order valence-corrected chi connectivity index (χ3v) is 4.75. The highest BCUT2D eigenvalue weighted by atomic mass is 19.4. The molecule has 0 radical (unpaired) electrons. The van der Waals surface area contributed by atoms with Crippen molar-refractivity contribution in [3.05, 3.63) is 54.7 Å². The predicted molar refractivity (Wildman–Crippen MR) is 117 cm³/mol. The molecule has 10 nitrogen and oxygen atoms in total. The van der Waals surface area contributed by atoms with Crippen molar-refractivity contribution >= 4 is 23.4 Å². The number of imidazole rings is 1. The van der Waals surface area contributed by atoms with E-state index in [1.54, 1.807) is 12.4 Å². The van der Waals surface area contributed by atoms with Gasteiger partial charge in [0.1, 0.15) is 0 Å². The van der Waals surface area contributed by atoms with E-state index in [4.69, 9.17) is 24.5 Å². The van der Waals surface area contributed by atoms with Crippen LogP contribution in [-0.2, 0) is 14.3 Å². The fourth-order valence-corrected chi connectivity index (χ4v) is 3.01. The molecule has 0 spiro atoms. The fraction of sp³-hybridized carbons (Fsp3) is 0.318. The van der Waals surface area contributed by atoms with Crippen LogP contribution < -0.4 is 5.32 Å². The zero-order valence-electron chi connectivity index (χ0n) is 19.2. The summed E-state index contributed by atoms with van der Waals surface area (Å²) in [6, 6.07) is 9.75. The lowest BCUT2D eigenvalue weighted by atomic mass is 10.1. The third kappa shape index (κ3) is 8.72. The van der Waals surface area contributed by atoms with E-state index in [0.717, 1.165) is 29.6 Å². The van der Waals surface area contributed by atoms with Crippen molar-refractivity contribution in [2.24, 2.45) is 0 Å². The maximum absolute atomic E-state index is 12.7. The number of pyridine rings is 2. The lowest BCUT2D eigenvalue weighted by Crippen LogP contribution is -2.39. The van der Waals surface area contributed by atoms with E-state index < -0.39 is 24.3 Å². The van der Waals surface area contributed by atoms with Gasteiger partial charge in [0.05, 0.1) is 11.2 Å². The van der Waals surface area contributed by atoms with Crippen molar-refractivity contribution < 1.29 is 55.7 Å². The maximum atomic E-state index is 12.7. The van der Waals surface area contributed by atoms with Crippen molar-refractivity contribution in [1.82, 2.24) is 19.7 Å². The van der Waals surface area contributed by atoms with Gasteiger partial charge < -0.3 is 20.3 Å². The molecule has 1 amide bonds. The second-order valence-corrected chi connectivity index (χ2v) is 7.44. The van der Waals surface area contributed by atoms with Crippen LogP contribution in [0.25, 0.3) is 16.8 Å². The molecule has 4 heterocycles. The molecule has 0 aliphatic carbocycles. The summed E-state index contributed by atoms with van der Waals surface area (Å²) < 4.78 is 70.7. The van der Waals surface area contributed by atoms with Crippen molar-refractivity contribution in [2.45, 2.75) is 31.2 Å². The number of rotatable bonds is 3. The summed E-state index contributed by atoms with van der Waals surface area (Å²) >= 11 is 0. The SMILES string of the molecule is O=C(NC1CCOCC1)c1nc(-c2ccncc2)c2ccccn12.O=C(O)C(F)(F)F.O=C(O)C(F)(F)F. The zero-order chi connectivity index (χ0) is 28.5. The Kier molecular flexibility index (Phi) is 10.1. The number of nitrogens with one attached hydrogen (secondary N) is 1. The molecule has 3 aromatic rings. The lowest BCUT2D eigenvalue weighted by Gasteiger charge is -2.22. The number of hydrogen-bond donors (Lipinski definition) is 3. The van der Waals surface area contributed by atoms with Gasteiger partial charge in [-0.05, 0) is 37.1 Å². The van der Waals surface area contributed by atoms with Gasteiger partial charge in [-0.15, -0.1) is 0 Å². The van der Waals surface area contributed by atoms with Crippen LogP contribution in [0.1, 0.15) is 23.5 Å². The molecule has 0 saturated carbocycles. The smallest absolute Gasteiger partial charge is 0.475 e. The van der Waals surface area contributed by atoms with E-state index in [9.17, 15) is 31.1 Å². The van der Waals surface area contributed by atoms with Gasteiger partial charge in [0, 0.05) is 43.4 Å². The summed E-state index contributed by atoms with van der Waals surface area (Å²) in [7, 11) is 0. The zero-order valence-corrected chi connectivity index (χ0v) is 19.2. The Morgan fingerprint density at radius 2 is 1.45 bits per heavy atom. The number of halogens is 6. The minimum absolute atomic E-state index is 0.145. The van der Waals surface area contributed by atoms with Crippen molar-refractivity contribution in [1.29, 1.82) is 0 Å². The number of nitrogens with zero attached hydrogens (tertiary/aromatic N) is 3. The molecule has 206 valence electrons. The predicted octanol–water partition coefficient (Wildman–Crippen LogP) is 3.57. The van der Waals surface area contributed by atoms with Gasteiger partial charge in [0.15, 0.2) is 0 Å². The van der Waals surface area contributed by atoms with Gasteiger partial charge in [0.2, 0.25) is 5.82 Å². The molecule has 0 bridgehead atoms. The number of amides is 1. The first-order valence-corrected chi connectivity index (χ1v) is 10.6. The summed E-state index contributed by atoms with van der Waals surface area (Å²) in [5.41, 5.74) is 2.63. The van der Waals surface area contributed by atoms with E-state index >= 15 is 0 Å². The Bertz CT molecular complexity index is 1220. The molecule has 3 N–H and O–H groups in total. The number of carboxylic acid groups (broad SMARTS) is 2. The van der Waals surface area contributed by atoms with E-state index in [0.29, 0.717) is 19.0 Å². The van der Waals surface area contributed by atoms with Crippen LogP contribution in [0, 0.1) is 0 Å². The largest absolute Gasteiger partial charge is 0.490 e. The number of fused-ring (bicyclic) bond motifs is 1. The Morgan fingerprint density at radius 3 is 1.95 bits per heavy atom. The minimum atomic E-state index is -5.08. The van der Waals surface area contributed by atoms with Crippen LogP contribution in [0.15, 0.2) is 48.9 Å². The summed E-state index contributed by atoms with van der Waals surface area (Å²) in [5.74, 6) is -5.26. The number of aromatic nitrogens is 3. The highest BCUT2D eigenvalue weighted by molar-refractivity contribution is 5.94. The average Bonchev–Trinajstić information content (AvgIpc) is 3.25. The van der Waals surface area contributed by atoms with Gasteiger partial charge in [-0.3, -0.25) is 14.2 Å². The van der Waals surface area contributed by atoms with Crippen LogP contribution in [0.2, 0.25) is 0 Å². The Morgan fingerprint density at radius 1 is 0.921 bits per heavy atom. The van der Waals surface area contributed by atoms with Crippen LogP contribution >= 0.6 is 0 Å². The van der Waals surface area contributed by atoms with Gasteiger partial charge in [0.25, 0.3) is 5.91 Å². The minimum Gasteiger partial charge on any atom is -0.475 e. The molecule has 16 heteroatoms. The first-order chi connectivity index (χ1) is 17.7. The second-order valence-electron chi connectivity index (χ2n) is 7.44. The quantitative estimate of drug-likeness (QED) is 0.420. The fourth-order valence-electron chi connectivity index (χ4n) is 3.01. The highest BCUT2D eigenvalue weighted by Gasteiger charge is 2.38. The Hall–Kier alpha value is -4.21. The number of carboxylic acids is 2. The summed E-state index contributed by atoms with van der Waals surface area (Å²) in [4.78, 5) is 39.2. The molecule has 1 saturated heterocycles. The lowest BCUT2D eigenvalue weighted by molar-refractivity contribution is -0.193. The second kappa shape index (κ2) is 12.8. The van der Waals surface area contributed by atoms with Crippen molar-refractivity contribution in [2.75, 3.05) is 13.2 Å². The summed E-state index contributed by atoms with van der Waals surface area (Å²) in [6.07, 6.45) is -3.17. The Balaban J connectivity index is 0.000000301. The van der Waals surface area contributed by atoms with Crippen LogP contribution in [-0.4, -0.2) is 74.0 Å². The monoisotopic (exact) mass is 550 g/mol. The first-order valence-electron chi connectivity index (χ1n) is 10.6. The first kappa shape index (κ1) is 30.0. The standard InChI is InChI=1S/C18H18N4O2.2C2HF3O2/c23-18(20-14-6-11-24-12-7-14)17-21-16(13-4-8-19-9-5-13)15-3-1-2-10-22(15)17;2*3-2(4,5)1(6)7/h1-5,8-10,14H,6-7,11-12H2,(H,20,23);2*(H,6,7). The van der Waals surface area contributed by atoms with Gasteiger partial charge in [-0.1, -0.05) is 6.07 Å². The Labute approximate surface area is 209 Å². The summed E-state index contributed by atoms with van der Waals surface area (Å²) in [5, 5.41) is 17.3. The third-order valence-electron chi connectivity index (χ3n) is 4.75. The van der Waals surface area contributed by atoms with E-state index in [1.165, 1.54) is 0 Å². The number of carbonyl (C=O) groups is 3. The van der Waals surface area contributed by atoms with Gasteiger partial charge >= 0.3 is 24.3 Å². The summed E-state index contributed by atoms with van der Waals surface area (Å²) in [6.45, 7) is 1.38. The normalized spacial score (nSPS) is 13.9. The molecule has 38 heavy (non-hydrogen) atoms. The number of carbonyl (C=O) groups excluding carboxylic acids is 1. The number of ether oxygens (including phenoxy) is 1. The van der Waals surface area contributed by atoms with Crippen LogP contribution in [0.5, 0.6) is 0 Å². The average molecular weight is 550 g/mol.